The second-order valence-electron chi connectivity index (χ2n) is 5.19. The summed E-state index contributed by atoms with van der Waals surface area (Å²) in [5, 5.41) is 3.62. The second-order valence-corrected chi connectivity index (χ2v) is 6.13. The summed E-state index contributed by atoms with van der Waals surface area (Å²) < 4.78 is 15.1. The van der Waals surface area contributed by atoms with Crippen molar-refractivity contribution in [2.75, 3.05) is 5.75 Å². The predicted octanol–water partition coefficient (Wildman–Crippen LogP) is 3.19. The van der Waals surface area contributed by atoms with Crippen LogP contribution in [0.1, 0.15) is 11.1 Å². The maximum Gasteiger partial charge on any atom is 0.230 e. The molecule has 0 aliphatic heterocycles. The van der Waals surface area contributed by atoms with Crippen LogP contribution in [-0.2, 0) is 11.3 Å². The molecule has 1 N–H and O–H groups in total. The van der Waals surface area contributed by atoms with Crippen molar-refractivity contribution in [1.29, 1.82) is 0 Å². The van der Waals surface area contributed by atoms with Gasteiger partial charge in [0.25, 0.3) is 0 Å². The highest BCUT2D eigenvalue weighted by Crippen LogP contribution is 2.18. The Bertz CT molecular complexity index is 847. The SMILES string of the molecule is Cc1cc(CNC(=O)CSc2ncc3ccccn23)ccc1F. The van der Waals surface area contributed by atoms with E-state index in [4.69, 9.17) is 0 Å². The van der Waals surface area contributed by atoms with Crippen molar-refractivity contribution in [2.45, 2.75) is 18.6 Å². The third kappa shape index (κ3) is 3.71. The molecule has 0 radical (unpaired) electrons. The van der Waals surface area contributed by atoms with E-state index in [2.05, 4.69) is 10.3 Å². The smallest absolute Gasteiger partial charge is 0.230 e. The molecule has 0 saturated carbocycles. The van der Waals surface area contributed by atoms with Crippen LogP contribution in [0.15, 0.2) is 53.9 Å². The van der Waals surface area contributed by atoms with Gasteiger partial charge >= 0.3 is 0 Å². The molecule has 23 heavy (non-hydrogen) atoms. The molecule has 2 heterocycles. The average Bonchev–Trinajstić information content (AvgIpc) is 2.97. The second kappa shape index (κ2) is 6.83. The van der Waals surface area contributed by atoms with Crippen molar-refractivity contribution in [3.8, 4) is 0 Å². The highest BCUT2D eigenvalue weighted by Gasteiger charge is 2.08. The first-order valence-corrected chi connectivity index (χ1v) is 8.18. The van der Waals surface area contributed by atoms with Crippen LogP contribution in [-0.4, -0.2) is 21.0 Å². The number of imidazole rings is 1. The zero-order valence-electron chi connectivity index (χ0n) is 12.6. The highest BCUT2D eigenvalue weighted by molar-refractivity contribution is 7.99. The molecular formula is C17H16FN3OS. The van der Waals surface area contributed by atoms with Crippen LogP contribution >= 0.6 is 11.8 Å². The Morgan fingerprint density at radius 1 is 1.35 bits per heavy atom. The molecule has 0 spiro atoms. The Labute approximate surface area is 137 Å². The monoisotopic (exact) mass is 329 g/mol. The molecule has 0 saturated heterocycles. The van der Waals surface area contributed by atoms with E-state index in [1.165, 1.54) is 17.8 Å². The van der Waals surface area contributed by atoms with Gasteiger partial charge in [0.05, 0.1) is 17.5 Å². The number of hydrogen-bond acceptors (Lipinski definition) is 3. The Kier molecular flexibility index (Phi) is 4.62. The van der Waals surface area contributed by atoms with Gasteiger partial charge in [-0.25, -0.2) is 9.37 Å². The quantitative estimate of drug-likeness (QED) is 0.731. The predicted molar refractivity (Wildman–Crippen MR) is 88.9 cm³/mol. The van der Waals surface area contributed by atoms with Crippen LogP contribution in [0.5, 0.6) is 0 Å². The largest absolute Gasteiger partial charge is 0.351 e. The summed E-state index contributed by atoms with van der Waals surface area (Å²) in [4.78, 5) is 16.3. The van der Waals surface area contributed by atoms with Crippen LogP contribution < -0.4 is 5.32 Å². The maximum atomic E-state index is 13.2. The summed E-state index contributed by atoms with van der Waals surface area (Å²) in [6.45, 7) is 2.10. The number of hydrogen-bond donors (Lipinski definition) is 1. The van der Waals surface area contributed by atoms with E-state index in [0.29, 0.717) is 12.1 Å². The average molecular weight is 329 g/mol. The summed E-state index contributed by atoms with van der Waals surface area (Å²) >= 11 is 1.39. The third-order valence-electron chi connectivity index (χ3n) is 3.45. The van der Waals surface area contributed by atoms with Crippen LogP contribution in [0.3, 0.4) is 0 Å². The number of nitrogens with zero attached hydrogens (tertiary/aromatic N) is 2. The summed E-state index contributed by atoms with van der Waals surface area (Å²) in [6, 6.07) is 10.7. The minimum absolute atomic E-state index is 0.0790. The first-order chi connectivity index (χ1) is 11.1. The molecule has 0 aliphatic rings. The fourth-order valence-corrected chi connectivity index (χ4v) is 3.02. The zero-order chi connectivity index (χ0) is 16.2. The molecule has 0 aliphatic carbocycles. The molecule has 0 unspecified atom stereocenters. The number of aromatic nitrogens is 2. The van der Waals surface area contributed by atoms with E-state index in [-0.39, 0.29) is 17.5 Å². The lowest BCUT2D eigenvalue weighted by Crippen LogP contribution is -2.24. The number of pyridine rings is 1. The van der Waals surface area contributed by atoms with Gasteiger partial charge in [-0.1, -0.05) is 30.0 Å². The number of thioether (sulfide) groups is 1. The number of carbonyl (C=O) groups excluding carboxylic acids is 1. The number of aryl methyl sites for hydroxylation is 1. The number of halogens is 1. The van der Waals surface area contributed by atoms with Crippen molar-refractivity contribution >= 4 is 23.2 Å². The first-order valence-electron chi connectivity index (χ1n) is 7.20. The van der Waals surface area contributed by atoms with Crippen molar-refractivity contribution in [3.63, 3.8) is 0 Å². The Hall–Kier alpha value is -2.34. The third-order valence-corrected chi connectivity index (χ3v) is 4.42. The molecule has 3 rings (SSSR count). The van der Waals surface area contributed by atoms with Gasteiger partial charge in [0.1, 0.15) is 5.82 Å². The fraction of sp³-hybridized carbons (Fsp3) is 0.176. The molecule has 1 amide bonds. The normalized spacial score (nSPS) is 10.9. The molecule has 118 valence electrons. The summed E-state index contributed by atoms with van der Waals surface area (Å²) in [5.74, 6) is -0.0276. The first kappa shape index (κ1) is 15.6. The molecule has 1 aromatic carbocycles. The van der Waals surface area contributed by atoms with E-state index in [1.54, 1.807) is 25.3 Å². The number of fused-ring (bicyclic) bond motifs is 1. The summed E-state index contributed by atoms with van der Waals surface area (Å²) in [5.41, 5.74) is 2.46. The van der Waals surface area contributed by atoms with E-state index in [9.17, 15) is 9.18 Å². The number of amides is 1. The van der Waals surface area contributed by atoms with Gasteiger partial charge in [-0.05, 0) is 36.2 Å². The topological polar surface area (TPSA) is 46.4 Å². The molecule has 4 nitrogen and oxygen atoms in total. The van der Waals surface area contributed by atoms with Crippen LogP contribution in [0, 0.1) is 12.7 Å². The van der Waals surface area contributed by atoms with Crippen molar-refractivity contribution in [3.05, 3.63) is 65.7 Å². The minimum atomic E-state index is -0.234. The van der Waals surface area contributed by atoms with E-state index in [1.807, 2.05) is 28.8 Å². The molecule has 0 fully saturated rings. The lowest BCUT2D eigenvalue weighted by molar-refractivity contribution is -0.118. The molecular weight excluding hydrogens is 313 g/mol. The fourth-order valence-electron chi connectivity index (χ4n) is 2.22. The molecule has 2 aromatic heterocycles. The zero-order valence-corrected chi connectivity index (χ0v) is 13.4. The van der Waals surface area contributed by atoms with Crippen molar-refractivity contribution in [2.24, 2.45) is 0 Å². The number of nitrogens with one attached hydrogen (secondary N) is 1. The Balaban J connectivity index is 1.54. The van der Waals surface area contributed by atoms with E-state index in [0.717, 1.165) is 16.2 Å². The standard InChI is InChI=1S/C17H16FN3OS/c1-12-8-13(5-6-15(12)18)9-19-16(22)11-23-17-20-10-14-4-2-3-7-21(14)17/h2-8,10H,9,11H2,1H3,(H,19,22). The molecule has 0 bridgehead atoms. The van der Waals surface area contributed by atoms with Crippen LogP contribution in [0.25, 0.3) is 5.52 Å². The summed E-state index contributed by atoms with van der Waals surface area (Å²) in [6.07, 6.45) is 3.70. The number of benzene rings is 1. The Morgan fingerprint density at radius 3 is 3.04 bits per heavy atom. The van der Waals surface area contributed by atoms with Gasteiger partial charge in [0, 0.05) is 12.7 Å². The highest BCUT2D eigenvalue weighted by atomic mass is 32.2. The lowest BCUT2D eigenvalue weighted by atomic mass is 10.1. The molecule has 3 aromatic rings. The minimum Gasteiger partial charge on any atom is -0.351 e. The van der Waals surface area contributed by atoms with Crippen LogP contribution in [0.2, 0.25) is 0 Å². The van der Waals surface area contributed by atoms with Gasteiger partial charge in [0.2, 0.25) is 5.91 Å². The summed E-state index contributed by atoms with van der Waals surface area (Å²) in [7, 11) is 0. The van der Waals surface area contributed by atoms with E-state index >= 15 is 0 Å². The van der Waals surface area contributed by atoms with Crippen LogP contribution in [0.4, 0.5) is 4.39 Å². The molecule has 0 atom stereocenters. The number of rotatable bonds is 5. The van der Waals surface area contributed by atoms with Gasteiger partial charge in [-0.15, -0.1) is 0 Å². The van der Waals surface area contributed by atoms with Gasteiger partial charge < -0.3 is 5.32 Å². The lowest BCUT2D eigenvalue weighted by Gasteiger charge is -2.06. The van der Waals surface area contributed by atoms with Gasteiger partial charge in [-0.2, -0.15) is 0 Å². The van der Waals surface area contributed by atoms with Crippen molar-refractivity contribution < 1.29 is 9.18 Å². The van der Waals surface area contributed by atoms with Crippen molar-refractivity contribution in [1.82, 2.24) is 14.7 Å². The number of carbonyl (C=O) groups is 1. The van der Waals surface area contributed by atoms with Gasteiger partial charge in [0.15, 0.2) is 5.16 Å². The Morgan fingerprint density at radius 2 is 2.22 bits per heavy atom. The van der Waals surface area contributed by atoms with E-state index < -0.39 is 0 Å². The molecule has 6 heteroatoms. The van der Waals surface area contributed by atoms with Gasteiger partial charge in [-0.3, -0.25) is 9.20 Å². The maximum absolute atomic E-state index is 13.2.